The summed E-state index contributed by atoms with van der Waals surface area (Å²) in [6, 6.07) is 13.3. The Balaban J connectivity index is 1.81. The van der Waals surface area contributed by atoms with Gasteiger partial charge in [0, 0.05) is 0 Å². The van der Waals surface area contributed by atoms with Crippen LogP contribution >= 0.6 is 23.2 Å². The second-order valence-electron chi connectivity index (χ2n) is 5.35. The molecule has 0 saturated heterocycles. The first-order chi connectivity index (χ1) is 9.65. The van der Waals surface area contributed by atoms with Crippen LogP contribution in [0.2, 0.25) is 5.02 Å². The Kier molecular flexibility index (Phi) is 4.00. The van der Waals surface area contributed by atoms with E-state index >= 15 is 0 Å². The molecule has 0 nitrogen and oxygen atoms in total. The van der Waals surface area contributed by atoms with Gasteiger partial charge in [-0.2, -0.15) is 0 Å². The fourth-order valence-electron chi connectivity index (χ4n) is 2.95. The normalized spacial score (nSPS) is 21.6. The van der Waals surface area contributed by atoms with E-state index in [1.807, 2.05) is 12.1 Å². The van der Waals surface area contributed by atoms with Crippen LogP contribution in [0.15, 0.2) is 42.5 Å². The number of benzene rings is 2. The Hall–Kier alpha value is -1.05. The molecule has 0 bridgehead atoms. The fourth-order valence-corrected chi connectivity index (χ4v) is 3.49. The first-order valence-corrected chi connectivity index (χ1v) is 7.62. The zero-order chi connectivity index (χ0) is 14.1. The van der Waals surface area contributed by atoms with E-state index < -0.39 is 0 Å². The average Bonchev–Trinajstić information content (AvgIpc) is 2.46. The van der Waals surface area contributed by atoms with Crippen LogP contribution in [0.4, 0.5) is 4.39 Å². The number of hydrogen-bond donors (Lipinski definition) is 0. The summed E-state index contributed by atoms with van der Waals surface area (Å²) in [5.41, 5.74) is 3.52. The molecule has 2 atom stereocenters. The van der Waals surface area contributed by atoms with E-state index in [0.717, 1.165) is 24.8 Å². The van der Waals surface area contributed by atoms with Gasteiger partial charge in [-0.05, 0) is 54.0 Å². The molecule has 0 saturated carbocycles. The van der Waals surface area contributed by atoms with Crippen LogP contribution in [-0.2, 0) is 12.8 Å². The van der Waals surface area contributed by atoms with E-state index in [1.165, 1.54) is 17.2 Å². The highest BCUT2D eigenvalue weighted by atomic mass is 35.5. The summed E-state index contributed by atoms with van der Waals surface area (Å²) in [6.45, 7) is 0. The number of aryl methyl sites for hydroxylation is 1. The third-order valence-electron chi connectivity index (χ3n) is 4.03. The Morgan fingerprint density at radius 3 is 2.75 bits per heavy atom. The number of hydrogen-bond acceptors (Lipinski definition) is 0. The van der Waals surface area contributed by atoms with Crippen LogP contribution in [0.25, 0.3) is 0 Å². The molecule has 2 unspecified atom stereocenters. The predicted octanol–water partition coefficient (Wildman–Crippen LogP) is 5.56. The molecule has 0 fully saturated rings. The summed E-state index contributed by atoms with van der Waals surface area (Å²) < 4.78 is 13.5. The highest BCUT2D eigenvalue weighted by molar-refractivity contribution is 6.30. The predicted molar refractivity (Wildman–Crippen MR) is 82.0 cm³/mol. The lowest BCUT2D eigenvalue weighted by Crippen LogP contribution is -2.19. The van der Waals surface area contributed by atoms with Gasteiger partial charge in [0.25, 0.3) is 0 Å². The van der Waals surface area contributed by atoms with Crippen molar-refractivity contribution >= 4 is 23.2 Å². The molecule has 3 rings (SSSR count). The highest BCUT2D eigenvalue weighted by Gasteiger charge is 2.27. The highest BCUT2D eigenvalue weighted by Crippen LogP contribution is 2.40. The van der Waals surface area contributed by atoms with Gasteiger partial charge in [-0.3, -0.25) is 0 Å². The molecule has 0 radical (unpaired) electrons. The molecule has 2 aromatic carbocycles. The van der Waals surface area contributed by atoms with E-state index in [1.54, 1.807) is 6.07 Å². The van der Waals surface area contributed by atoms with E-state index in [2.05, 4.69) is 18.2 Å². The van der Waals surface area contributed by atoms with Gasteiger partial charge in [-0.15, -0.1) is 11.6 Å². The molecule has 0 aliphatic heterocycles. The van der Waals surface area contributed by atoms with Crippen LogP contribution < -0.4 is 0 Å². The zero-order valence-corrected chi connectivity index (χ0v) is 12.5. The molecule has 2 aromatic rings. The smallest absolute Gasteiger partial charge is 0.142 e. The van der Waals surface area contributed by atoms with Gasteiger partial charge in [0.2, 0.25) is 0 Å². The summed E-state index contributed by atoms with van der Waals surface area (Å²) in [5, 5.41) is 0.170. The van der Waals surface area contributed by atoms with Crippen LogP contribution in [0.3, 0.4) is 0 Å². The maximum atomic E-state index is 13.5. The zero-order valence-electron chi connectivity index (χ0n) is 11.0. The van der Waals surface area contributed by atoms with Gasteiger partial charge in [-0.1, -0.05) is 41.9 Å². The maximum absolute atomic E-state index is 13.5. The standard InChI is InChI=1S/C17H15Cl2F/c18-15-8-5-11(10-16(15)20)9-13-7-6-12-3-1-2-4-14(12)17(13)19/h1-5,8,10,13,17H,6-7,9H2. The molecule has 0 N–H and O–H groups in total. The Labute approximate surface area is 128 Å². The van der Waals surface area contributed by atoms with Gasteiger partial charge < -0.3 is 0 Å². The average molecular weight is 309 g/mol. The molecular weight excluding hydrogens is 294 g/mol. The van der Waals surface area contributed by atoms with Crippen molar-refractivity contribution in [1.29, 1.82) is 0 Å². The SMILES string of the molecule is Fc1cc(CC2CCc3ccccc3C2Cl)ccc1Cl. The van der Waals surface area contributed by atoms with Crippen LogP contribution in [-0.4, -0.2) is 0 Å². The molecule has 0 spiro atoms. The first kappa shape index (κ1) is 13.9. The lowest BCUT2D eigenvalue weighted by atomic mass is 9.80. The van der Waals surface area contributed by atoms with Crippen molar-refractivity contribution in [3.63, 3.8) is 0 Å². The van der Waals surface area contributed by atoms with E-state index in [0.29, 0.717) is 5.92 Å². The summed E-state index contributed by atoms with van der Waals surface area (Å²) >= 11 is 12.3. The molecule has 20 heavy (non-hydrogen) atoms. The van der Waals surface area contributed by atoms with Gasteiger partial charge >= 0.3 is 0 Å². The number of rotatable bonds is 2. The molecular formula is C17H15Cl2F. The fraction of sp³-hybridized carbons (Fsp3) is 0.294. The topological polar surface area (TPSA) is 0 Å². The third kappa shape index (κ3) is 2.70. The Morgan fingerprint density at radius 2 is 1.95 bits per heavy atom. The third-order valence-corrected chi connectivity index (χ3v) is 4.93. The van der Waals surface area contributed by atoms with Crippen molar-refractivity contribution < 1.29 is 4.39 Å². The lowest BCUT2D eigenvalue weighted by molar-refractivity contribution is 0.441. The van der Waals surface area contributed by atoms with Crippen molar-refractivity contribution in [2.75, 3.05) is 0 Å². The van der Waals surface area contributed by atoms with Crippen LogP contribution in [0, 0.1) is 11.7 Å². The number of alkyl halides is 1. The van der Waals surface area contributed by atoms with E-state index in [-0.39, 0.29) is 16.2 Å². The quantitative estimate of drug-likeness (QED) is 0.637. The maximum Gasteiger partial charge on any atom is 0.142 e. The summed E-state index contributed by atoms with van der Waals surface area (Å²) in [7, 11) is 0. The molecule has 0 heterocycles. The van der Waals surface area contributed by atoms with Gasteiger partial charge in [0.1, 0.15) is 5.82 Å². The van der Waals surface area contributed by atoms with Crippen molar-refractivity contribution in [2.24, 2.45) is 5.92 Å². The summed E-state index contributed by atoms with van der Waals surface area (Å²) in [5.74, 6) is -0.0151. The van der Waals surface area contributed by atoms with E-state index in [9.17, 15) is 4.39 Å². The first-order valence-electron chi connectivity index (χ1n) is 6.81. The van der Waals surface area contributed by atoms with Gasteiger partial charge in [0.05, 0.1) is 10.4 Å². The number of fused-ring (bicyclic) bond motifs is 1. The van der Waals surface area contributed by atoms with Crippen molar-refractivity contribution in [2.45, 2.75) is 24.6 Å². The van der Waals surface area contributed by atoms with Crippen LogP contribution in [0.1, 0.15) is 28.5 Å². The van der Waals surface area contributed by atoms with E-state index in [4.69, 9.17) is 23.2 Å². The molecule has 0 aromatic heterocycles. The molecule has 1 aliphatic rings. The summed E-state index contributed by atoms with van der Waals surface area (Å²) in [6.07, 6.45) is 2.87. The molecule has 1 aliphatic carbocycles. The summed E-state index contributed by atoms with van der Waals surface area (Å²) in [4.78, 5) is 0. The van der Waals surface area contributed by atoms with Gasteiger partial charge in [-0.25, -0.2) is 4.39 Å². The minimum Gasteiger partial charge on any atom is -0.205 e. The van der Waals surface area contributed by atoms with Crippen molar-refractivity contribution in [1.82, 2.24) is 0 Å². The minimum atomic E-state index is -0.355. The lowest BCUT2D eigenvalue weighted by Gasteiger charge is -2.29. The molecule has 3 heteroatoms. The van der Waals surface area contributed by atoms with Gasteiger partial charge in [0.15, 0.2) is 0 Å². The minimum absolute atomic E-state index is 0.00121. The second-order valence-corrected chi connectivity index (χ2v) is 6.23. The van der Waals surface area contributed by atoms with Crippen molar-refractivity contribution in [3.8, 4) is 0 Å². The largest absolute Gasteiger partial charge is 0.205 e. The van der Waals surface area contributed by atoms with Crippen molar-refractivity contribution in [3.05, 3.63) is 70.0 Å². The van der Waals surface area contributed by atoms with Crippen LogP contribution in [0.5, 0.6) is 0 Å². The molecule has 104 valence electrons. The Morgan fingerprint density at radius 1 is 1.15 bits per heavy atom. The Bertz CT molecular complexity index is 624. The second kappa shape index (κ2) is 5.75. The number of halogens is 3. The molecule has 0 amide bonds. The monoisotopic (exact) mass is 308 g/mol.